The van der Waals surface area contributed by atoms with Crippen molar-refractivity contribution in [3.63, 3.8) is 0 Å². The zero-order chi connectivity index (χ0) is 15.1. The molecule has 1 nitrogen and oxygen atoms in total. The average molecular weight is 400 g/mol. The van der Waals surface area contributed by atoms with Crippen molar-refractivity contribution in [1.29, 1.82) is 0 Å². The maximum Gasteiger partial charge on any atom is 0.0771 e. The minimum absolute atomic E-state index is 0.169. The van der Waals surface area contributed by atoms with Crippen LogP contribution in [0.1, 0.15) is 51.5 Å². The molecule has 21 heavy (non-hydrogen) atoms. The summed E-state index contributed by atoms with van der Waals surface area (Å²) in [5.41, 5.74) is 1.59. The van der Waals surface area contributed by atoms with Crippen LogP contribution in [0.2, 0.25) is 0 Å². The third-order valence-corrected chi connectivity index (χ3v) is 6.38. The molecule has 0 radical (unpaired) electrons. The molecule has 0 N–H and O–H groups in total. The highest BCUT2D eigenvalue weighted by atomic mass is 127. The lowest BCUT2D eigenvalue weighted by atomic mass is 9.75. The second kappa shape index (κ2) is 8.52. The highest BCUT2D eigenvalue weighted by Gasteiger charge is 2.35. The molecule has 1 aromatic rings. The molecule has 1 fully saturated rings. The first-order valence-electron chi connectivity index (χ1n) is 8.39. The van der Waals surface area contributed by atoms with Gasteiger partial charge in [0.25, 0.3) is 0 Å². The van der Waals surface area contributed by atoms with Crippen molar-refractivity contribution >= 4 is 22.6 Å². The van der Waals surface area contributed by atoms with Crippen LogP contribution in [0.15, 0.2) is 30.3 Å². The van der Waals surface area contributed by atoms with Crippen LogP contribution in [-0.4, -0.2) is 16.6 Å². The van der Waals surface area contributed by atoms with E-state index >= 15 is 0 Å². The molecule has 1 aromatic carbocycles. The molecule has 0 bridgehead atoms. The molecule has 2 heteroatoms. The molecule has 0 heterocycles. The summed E-state index contributed by atoms with van der Waals surface area (Å²) in [6, 6.07) is 10.7. The number of aryl methyl sites for hydroxylation is 1. The quantitative estimate of drug-likeness (QED) is 0.326. The Bertz CT molecular complexity index is 393. The van der Waals surface area contributed by atoms with E-state index in [0.717, 1.165) is 35.7 Å². The van der Waals surface area contributed by atoms with E-state index in [1.54, 1.807) is 0 Å². The molecule has 1 saturated carbocycles. The highest BCUT2D eigenvalue weighted by molar-refractivity contribution is 14.1. The van der Waals surface area contributed by atoms with E-state index in [-0.39, 0.29) is 5.60 Å². The van der Waals surface area contributed by atoms with Crippen LogP contribution >= 0.6 is 22.6 Å². The van der Waals surface area contributed by atoms with E-state index in [9.17, 15) is 0 Å². The molecule has 0 amide bonds. The number of alkyl halides is 1. The number of hydrogen-bond donors (Lipinski definition) is 0. The summed E-state index contributed by atoms with van der Waals surface area (Å²) in [5.74, 6) is 1.74. The van der Waals surface area contributed by atoms with Gasteiger partial charge in [0.2, 0.25) is 0 Å². The number of ether oxygens (including phenoxy) is 1. The van der Waals surface area contributed by atoms with Crippen molar-refractivity contribution in [2.45, 2.75) is 58.0 Å². The van der Waals surface area contributed by atoms with Crippen LogP contribution in [0.4, 0.5) is 0 Å². The van der Waals surface area contributed by atoms with Gasteiger partial charge >= 0.3 is 0 Å². The Morgan fingerprint density at radius 3 is 2.43 bits per heavy atom. The Kier molecular flexibility index (Phi) is 7.00. The Morgan fingerprint density at radius 1 is 1.19 bits per heavy atom. The van der Waals surface area contributed by atoms with Crippen LogP contribution < -0.4 is 0 Å². The zero-order valence-corrected chi connectivity index (χ0v) is 15.6. The second-order valence-electron chi connectivity index (χ2n) is 6.84. The summed E-state index contributed by atoms with van der Waals surface area (Å²) in [5, 5.41) is 0. The van der Waals surface area contributed by atoms with Gasteiger partial charge in [0.15, 0.2) is 0 Å². The number of hydrogen-bond acceptors (Lipinski definition) is 1. The van der Waals surface area contributed by atoms with E-state index in [4.69, 9.17) is 4.74 Å². The molecule has 0 aromatic heterocycles. The third kappa shape index (κ3) is 5.24. The predicted octanol–water partition coefficient (Wildman–Crippen LogP) is 5.66. The maximum absolute atomic E-state index is 6.36. The van der Waals surface area contributed by atoms with Gasteiger partial charge in [-0.05, 0) is 55.9 Å². The lowest BCUT2D eigenvalue weighted by molar-refractivity contribution is -0.0628. The van der Waals surface area contributed by atoms with Crippen molar-refractivity contribution in [2.24, 2.45) is 11.8 Å². The number of rotatable bonds is 7. The minimum atomic E-state index is 0.169. The topological polar surface area (TPSA) is 9.23 Å². The van der Waals surface area contributed by atoms with Gasteiger partial charge in [0.05, 0.1) is 5.60 Å². The van der Waals surface area contributed by atoms with Crippen molar-refractivity contribution in [1.82, 2.24) is 0 Å². The van der Waals surface area contributed by atoms with Crippen LogP contribution in [0.5, 0.6) is 0 Å². The molecule has 0 spiro atoms. The molecule has 1 aliphatic carbocycles. The van der Waals surface area contributed by atoms with Crippen molar-refractivity contribution in [3.05, 3.63) is 35.9 Å². The Hall–Kier alpha value is -0.0900. The van der Waals surface area contributed by atoms with Crippen molar-refractivity contribution in [2.75, 3.05) is 11.0 Å². The van der Waals surface area contributed by atoms with Crippen molar-refractivity contribution < 1.29 is 4.74 Å². The van der Waals surface area contributed by atoms with Gasteiger partial charge in [0, 0.05) is 11.0 Å². The fourth-order valence-corrected chi connectivity index (χ4v) is 4.34. The first kappa shape index (κ1) is 17.3. The highest BCUT2D eigenvalue weighted by Crippen LogP contribution is 2.39. The minimum Gasteiger partial charge on any atom is -0.374 e. The van der Waals surface area contributed by atoms with Gasteiger partial charge in [0.1, 0.15) is 0 Å². The van der Waals surface area contributed by atoms with Gasteiger partial charge < -0.3 is 4.74 Å². The summed E-state index contributed by atoms with van der Waals surface area (Å²) < 4.78 is 7.50. The van der Waals surface area contributed by atoms with Crippen LogP contribution in [0.25, 0.3) is 0 Å². The molecular weight excluding hydrogens is 371 g/mol. The Labute approximate surface area is 144 Å². The average Bonchev–Trinajstić information content (AvgIpc) is 2.53. The second-order valence-corrected chi connectivity index (χ2v) is 7.60. The molecule has 118 valence electrons. The Balaban J connectivity index is 1.73. The first-order chi connectivity index (χ1) is 10.2. The normalized spacial score (nSPS) is 26.2. The number of halogens is 1. The standard InChI is InChI=1S/C19H29IO/c1-16(2)18-10-12-19(15-20,13-11-18)21-14-6-9-17-7-4-3-5-8-17/h3-5,7-8,16,18H,6,9-15H2,1-2H3. The van der Waals surface area contributed by atoms with Crippen molar-refractivity contribution in [3.8, 4) is 0 Å². The van der Waals surface area contributed by atoms with E-state index < -0.39 is 0 Å². The maximum atomic E-state index is 6.36. The van der Waals surface area contributed by atoms with Crippen LogP contribution in [0.3, 0.4) is 0 Å². The molecule has 2 rings (SSSR count). The van der Waals surface area contributed by atoms with E-state index in [0.29, 0.717) is 0 Å². The summed E-state index contributed by atoms with van der Waals surface area (Å²) in [6.07, 6.45) is 7.47. The molecule has 1 aliphatic rings. The molecule has 0 atom stereocenters. The van der Waals surface area contributed by atoms with Crippen LogP contribution in [-0.2, 0) is 11.2 Å². The fourth-order valence-electron chi connectivity index (χ4n) is 3.36. The summed E-state index contributed by atoms with van der Waals surface area (Å²) in [7, 11) is 0. The molecule has 0 aliphatic heterocycles. The molecular formula is C19H29IO. The monoisotopic (exact) mass is 400 g/mol. The lowest BCUT2D eigenvalue weighted by Gasteiger charge is -2.40. The Morgan fingerprint density at radius 2 is 1.86 bits per heavy atom. The third-order valence-electron chi connectivity index (χ3n) is 4.99. The molecule has 0 unspecified atom stereocenters. The van der Waals surface area contributed by atoms with Gasteiger partial charge in [-0.15, -0.1) is 0 Å². The fraction of sp³-hybridized carbons (Fsp3) is 0.684. The van der Waals surface area contributed by atoms with Crippen LogP contribution in [0, 0.1) is 11.8 Å². The van der Waals surface area contributed by atoms with Gasteiger partial charge in [-0.25, -0.2) is 0 Å². The first-order valence-corrected chi connectivity index (χ1v) is 9.92. The smallest absolute Gasteiger partial charge is 0.0771 e. The van der Waals surface area contributed by atoms with E-state index in [1.165, 1.54) is 31.2 Å². The summed E-state index contributed by atoms with van der Waals surface area (Å²) in [6.45, 7) is 5.63. The zero-order valence-electron chi connectivity index (χ0n) is 13.5. The van der Waals surface area contributed by atoms with E-state index in [2.05, 4.69) is 66.8 Å². The SMILES string of the molecule is CC(C)C1CCC(CI)(OCCCc2ccccc2)CC1. The summed E-state index contributed by atoms with van der Waals surface area (Å²) >= 11 is 2.52. The van der Waals surface area contributed by atoms with Gasteiger partial charge in [-0.1, -0.05) is 66.8 Å². The molecule has 0 saturated heterocycles. The van der Waals surface area contributed by atoms with Gasteiger partial charge in [-0.2, -0.15) is 0 Å². The predicted molar refractivity (Wildman–Crippen MR) is 99.1 cm³/mol. The van der Waals surface area contributed by atoms with E-state index in [1.807, 2.05) is 0 Å². The number of benzene rings is 1. The lowest BCUT2D eigenvalue weighted by Crippen LogP contribution is -2.40. The largest absolute Gasteiger partial charge is 0.374 e. The van der Waals surface area contributed by atoms with Gasteiger partial charge in [-0.3, -0.25) is 0 Å². The summed E-state index contributed by atoms with van der Waals surface area (Å²) in [4.78, 5) is 0.